The van der Waals surface area contributed by atoms with Crippen LogP contribution in [0.3, 0.4) is 0 Å². The number of hydrogen-bond donors (Lipinski definition) is 13. The zero-order valence-corrected chi connectivity index (χ0v) is 43.8. The van der Waals surface area contributed by atoms with Gasteiger partial charge in [0.05, 0.1) is 54.9 Å². The van der Waals surface area contributed by atoms with Crippen LogP contribution < -0.4 is 5.32 Å². The van der Waals surface area contributed by atoms with Crippen molar-refractivity contribution in [2.75, 3.05) is 19.8 Å². The van der Waals surface area contributed by atoms with Crippen LogP contribution in [0.25, 0.3) is 11.5 Å². The van der Waals surface area contributed by atoms with Gasteiger partial charge in [0.1, 0.15) is 0 Å². The van der Waals surface area contributed by atoms with Crippen LogP contribution in [-0.4, -0.2) is 165 Å². The monoisotopic (exact) mass is 1080 g/mol. The molecule has 2 amide bonds. The normalized spacial score (nSPS) is 34.0. The van der Waals surface area contributed by atoms with Crippen LogP contribution in [0.15, 0.2) is 0 Å². The Bertz CT molecular complexity index is 1010. The summed E-state index contributed by atoms with van der Waals surface area (Å²) in [5, 5.41) is 114. The fourth-order valence-electron chi connectivity index (χ4n) is 7.28. The summed E-state index contributed by atoms with van der Waals surface area (Å²) in [6.07, 6.45) is -4.70. The first-order valence-corrected chi connectivity index (χ1v) is 19.5. The van der Waals surface area contributed by atoms with Crippen LogP contribution in [0, 0.1) is 42.4 Å². The van der Waals surface area contributed by atoms with E-state index < -0.39 is 90.0 Å². The smallest absolute Gasteiger partial charge is 0.0853 e. The molecule has 3 fully saturated rings. The Labute approximate surface area is 425 Å². The van der Waals surface area contributed by atoms with Crippen LogP contribution in [0.2, 0.25) is 0 Å². The van der Waals surface area contributed by atoms with Crippen LogP contribution in [0.4, 0.5) is 0 Å². The van der Waals surface area contributed by atoms with Crippen molar-refractivity contribution in [1.29, 1.82) is 0 Å². The third kappa shape index (κ3) is 23.9. The molecule has 0 aromatic rings. The number of carbonyl (C=O) groups is 3. The van der Waals surface area contributed by atoms with Crippen LogP contribution in [0.5, 0.6) is 0 Å². The van der Waals surface area contributed by atoms with Gasteiger partial charge in [-0.1, -0.05) is 34.6 Å². The fraction of sp³-hybridized carbons (Fsp3) is 0.895. The minimum absolute atomic E-state index is 0. The third-order valence-electron chi connectivity index (χ3n) is 11.4. The molecule has 3 aliphatic carbocycles. The molecule has 6 unspecified atom stereocenters. The summed E-state index contributed by atoms with van der Waals surface area (Å²) in [7, 11) is 0. The number of carbonyl (C=O) groups excluding carboxylic acids is 3. The summed E-state index contributed by atoms with van der Waals surface area (Å²) < 4.78 is 0. The van der Waals surface area contributed by atoms with E-state index in [0.29, 0.717) is 38.5 Å². The average molecular weight is 1080 g/mol. The number of aliphatic hydroxyl groups excluding tert-OH is 12. The first kappa shape index (κ1) is 66.9. The van der Waals surface area contributed by atoms with Crippen molar-refractivity contribution in [2.45, 2.75) is 159 Å². The van der Waals surface area contributed by atoms with Gasteiger partial charge in [-0.05, 0) is 63.6 Å². The minimum atomic E-state index is -0.925. The van der Waals surface area contributed by atoms with Crippen molar-refractivity contribution in [3.8, 4) is 0 Å². The number of nitrogens with one attached hydrogen (secondary N) is 3. The van der Waals surface area contributed by atoms with Crippen LogP contribution >= 0.6 is 0 Å². The molecule has 3 aliphatic rings. The van der Waals surface area contributed by atoms with E-state index in [1.165, 1.54) is 0 Å². The van der Waals surface area contributed by atoms with Gasteiger partial charge in [0.15, 0.2) is 0 Å². The van der Waals surface area contributed by atoms with Gasteiger partial charge in [-0.15, -0.1) is 0 Å². The zero-order chi connectivity index (χ0) is 43.7. The first-order chi connectivity index (χ1) is 25.9. The molecule has 59 heavy (non-hydrogen) atoms. The van der Waals surface area contributed by atoms with Crippen molar-refractivity contribution in [3.63, 3.8) is 0 Å². The van der Waals surface area contributed by atoms with Gasteiger partial charge in [-0.25, -0.2) is 0 Å². The van der Waals surface area contributed by atoms with Crippen molar-refractivity contribution in [2.24, 2.45) is 35.5 Å². The number of aliphatic hydroxyl groups is 12. The van der Waals surface area contributed by atoms with E-state index in [1.54, 1.807) is 20.8 Å². The largest absolute Gasteiger partial charge is 0.668 e. The predicted octanol–water partition coefficient (Wildman–Crippen LogP) is -1.23. The molecule has 0 spiro atoms. The molecule has 0 aliphatic heterocycles. The number of hydrogen-bond acceptors (Lipinski definition) is 16. The first-order valence-electron chi connectivity index (χ1n) is 19.5. The summed E-state index contributed by atoms with van der Waals surface area (Å²) in [4.78, 5) is 32.9. The molecule has 3 saturated carbocycles. The average Bonchev–Trinajstić information content (AvgIpc) is 3.14. The Kier molecular flexibility index (Phi) is 38.2. The Morgan fingerprint density at radius 1 is 0.559 bits per heavy atom. The van der Waals surface area contributed by atoms with Gasteiger partial charge in [0, 0.05) is 177 Å². The molecule has 0 heterocycles. The maximum atomic E-state index is 11.1. The summed E-state index contributed by atoms with van der Waals surface area (Å²) in [5.41, 5.74) is 13.5. The maximum Gasteiger partial charge on any atom is 0.0853 e. The molecular weight excluding hydrogens is 1010 g/mol. The van der Waals surface area contributed by atoms with E-state index in [2.05, 4.69) is 12.2 Å². The Hall–Kier alpha value is 1.27. The summed E-state index contributed by atoms with van der Waals surface area (Å²) >= 11 is 0. The van der Waals surface area contributed by atoms with Gasteiger partial charge < -0.3 is 99.4 Å². The molecule has 3 radical (unpaired) electrons. The standard InChI is InChI=1S/C14H26N3O3.3C8H16O4.3Y/c1-10(2)17-14(7-4-11(3)18,8-5-12(15)19)9-6-13(16)20;3*1-4-6(10)2-5(3-9)8(12)7(4)11;;;/h10,17H,3-9H2,1-2H3,(H4,15,16,19,20);3*4-12H,2-3H2,1H3;;;/q-1;;;;;;/p-2/t;3*4?,5?,6-,7-,8+;;;/m.111.../s1. The van der Waals surface area contributed by atoms with E-state index in [-0.39, 0.29) is 167 Å². The Morgan fingerprint density at radius 2 is 0.814 bits per heavy atom. The number of ketones is 1. The van der Waals surface area contributed by atoms with E-state index >= 15 is 0 Å². The summed E-state index contributed by atoms with van der Waals surface area (Å²) in [6.45, 7) is 11.7. The molecule has 15 atom stereocenters. The Balaban J connectivity index is -0.000000345. The van der Waals surface area contributed by atoms with Gasteiger partial charge in [-0.3, -0.25) is 0 Å². The quantitative estimate of drug-likeness (QED) is 0.0906. The SMILES string of the molecule is CC1[C@H](O)CC(CO)[C@H](O)[C@@H]1O.CC1[C@H](O)CC(CO)[C@H](O)[C@@H]1O.CC1[C@H](O)CC(CO)[C@H](O)[C@@H]1O.[CH2-]C(=O)CCC(CCC([NH-])=O)(CCC([NH-])=O)NC(C)C.[Y].[Y].[Y]. The van der Waals surface area contributed by atoms with Crippen molar-refractivity contribution < 1.29 is 174 Å². The fourth-order valence-corrected chi connectivity index (χ4v) is 7.28. The molecule has 0 aromatic heterocycles. The second-order valence-electron chi connectivity index (χ2n) is 16.2. The molecule has 0 bridgehead atoms. The van der Waals surface area contributed by atoms with E-state index in [9.17, 15) is 60.3 Å². The van der Waals surface area contributed by atoms with Gasteiger partial charge >= 0.3 is 0 Å². The van der Waals surface area contributed by atoms with Gasteiger partial charge in [0.25, 0.3) is 0 Å². The zero-order valence-electron chi connectivity index (χ0n) is 35.3. The van der Waals surface area contributed by atoms with Crippen LogP contribution in [0.1, 0.15) is 92.4 Å². The molecule has 15 N–H and O–H groups in total. The minimum Gasteiger partial charge on any atom is -0.668 e. The Morgan fingerprint density at radius 3 is 1.02 bits per heavy atom. The van der Waals surface area contributed by atoms with Gasteiger partial charge in [0.2, 0.25) is 0 Å². The summed E-state index contributed by atoms with van der Waals surface area (Å²) in [5.74, 6) is -3.68. The molecule has 0 saturated heterocycles. The number of amides is 2. The van der Waals surface area contributed by atoms with E-state index in [1.807, 2.05) is 13.8 Å². The maximum absolute atomic E-state index is 11.1. The van der Waals surface area contributed by atoms with Crippen molar-refractivity contribution in [3.05, 3.63) is 18.4 Å². The molecule has 18 nitrogen and oxygen atoms in total. The second-order valence-corrected chi connectivity index (χ2v) is 16.2. The van der Waals surface area contributed by atoms with Crippen molar-refractivity contribution in [1.82, 2.24) is 5.32 Å². The molecular formula is C38H72N3O15Y3-3. The molecule has 21 heteroatoms. The number of rotatable bonds is 14. The molecule has 0 aromatic carbocycles. The number of Topliss-reactive ketones (excluding diaryl/α,β-unsaturated/α-hetero) is 1. The van der Waals surface area contributed by atoms with Crippen LogP contribution in [-0.2, 0) is 113 Å². The van der Waals surface area contributed by atoms with E-state index in [4.69, 9.17) is 26.8 Å². The van der Waals surface area contributed by atoms with Crippen molar-refractivity contribution >= 4 is 17.6 Å². The topological polar surface area (TPSA) is 354 Å². The predicted molar refractivity (Wildman–Crippen MR) is 205 cm³/mol. The van der Waals surface area contributed by atoms with E-state index in [0.717, 1.165) is 0 Å². The van der Waals surface area contributed by atoms with Gasteiger partial charge in [-0.2, -0.15) is 0 Å². The third-order valence-corrected chi connectivity index (χ3v) is 11.4. The second kappa shape index (κ2) is 33.7. The summed E-state index contributed by atoms with van der Waals surface area (Å²) in [6, 6.07) is 0.108. The molecule has 341 valence electrons. The molecule has 3 rings (SSSR count).